The van der Waals surface area contributed by atoms with E-state index in [1.165, 1.54) is 0 Å². The first-order valence-electron chi connectivity index (χ1n) is 15.3. The molecule has 3 aromatic rings. The Balaban J connectivity index is 1.26. The molecule has 5 rings (SSSR count). The van der Waals surface area contributed by atoms with Crippen LogP contribution in [0.2, 0.25) is 0 Å². The highest BCUT2D eigenvalue weighted by Crippen LogP contribution is 2.41. The summed E-state index contributed by atoms with van der Waals surface area (Å²) in [6.07, 6.45) is 4.50. The lowest BCUT2D eigenvalue weighted by atomic mass is 9.82. The molecule has 1 saturated heterocycles. The number of ether oxygens (including phenoxy) is 6. The fraction of sp³-hybridized carbons (Fsp3) is 0.444. The zero-order valence-corrected chi connectivity index (χ0v) is 27.6. The van der Waals surface area contributed by atoms with Crippen LogP contribution in [0.3, 0.4) is 0 Å². The van der Waals surface area contributed by atoms with E-state index in [1.807, 2.05) is 54.4 Å². The first kappa shape index (κ1) is 32.0. The summed E-state index contributed by atoms with van der Waals surface area (Å²) in [6, 6.07) is 14.9. The molecule has 0 saturated carbocycles. The van der Waals surface area contributed by atoms with Crippen LogP contribution in [0.5, 0.6) is 40.2 Å². The van der Waals surface area contributed by atoms with E-state index in [1.54, 1.807) is 33.5 Å². The highest BCUT2D eigenvalue weighted by Gasteiger charge is 2.34. The van der Waals surface area contributed by atoms with Crippen LogP contribution in [0.1, 0.15) is 62.9 Å². The van der Waals surface area contributed by atoms with Crippen LogP contribution in [0, 0.1) is 12.3 Å². The number of hydrogen-bond acceptors (Lipinski definition) is 8. The van der Waals surface area contributed by atoms with E-state index >= 15 is 0 Å². The maximum atomic E-state index is 13.2. The molecule has 0 radical (unpaired) electrons. The summed E-state index contributed by atoms with van der Waals surface area (Å²) < 4.78 is 35.5. The van der Waals surface area contributed by atoms with E-state index < -0.39 is 5.60 Å². The maximum absolute atomic E-state index is 13.2. The van der Waals surface area contributed by atoms with Crippen molar-refractivity contribution >= 4 is 17.8 Å². The van der Waals surface area contributed by atoms with Gasteiger partial charge in [0.05, 0.1) is 45.2 Å². The van der Waals surface area contributed by atoms with Gasteiger partial charge in [-0.1, -0.05) is 19.9 Å². The van der Waals surface area contributed by atoms with Crippen molar-refractivity contribution in [3.63, 3.8) is 0 Å². The average molecular weight is 617 g/mol. The van der Waals surface area contributed by atoms with Gasteiger partial charge in [-0.05, 0) is 69.9 Å². The number of amides is 1. The molecule has 1 amide bonds. The Morgan fingerprint density at radius 3 is 2.27 bits per heavy atom. The fourth-order valence-electron chi connectivity index (χ4n) is 6.21. The zero-order chi connectivity index (χ0) is 32.4. The van der Waals surface area contributed by atoms with Crippen LogP contribution in [0.4, 0.5) is 5.69 Å². The van der Waals surface area contributed by atoms with E-state index in [0.717, 1.165) is 24.9 Å². The normalized spacial score (nSPS) is 16.0. The predicted molar refractivity (Wildman–Crippen MR) is 175 cm³/mol. The van der Waals surface area contributed by atoms with Gasteiger partial charge < -0.3 is 33.3 Å². The lowest BCUT2D eigenvalue weighted by molar-refractivity contribution is 0.0357. The van der Waals surface area contributed by atoms with Gasteiger partial charge in [-0.25, -0.2) is 0 Å². The van der Waals surface area contributed by atoms with Crippen molar-refractivity contribution in [3.05, 3.63) is 59.7 Å². The maximum Gasteiger partial charge on any atom is 0.256 e. The van der Waals surface area contributed by atoms with E-state index in [2.05, 4.69) is 32.7 Å². The molecular weight excluding hydrogens is 572 g/mol. The SMILES string of the molecule is COc1ccc(Oc2cc(OC(C)(C)CC(C)(C)COc3cc4c(cc3OC)C(=O)N3CCCC3C=N4)ccc2C)cc1OC. The van der Waals surface area contributed by atoms with Gasteiger partial charge >= 0.3 is 0 Å². The number of nitrogens with zero attached hydrogens (tertiary/aromatic N) is 2. The summed E-state index contributed by atoms with van der Waals surface area (Å²) in [6.45, 7) is 11.6. The van der Waals surface area contributed by atoms with Gasteiger partial charge in [0.2, 0.25) is 0 Å². The number of benzene rings is 3. The molecule has 9 nitrogen and oxygen atoms in total. The number of carbonyl (C=O) groups excluding carboxylic acids is 1. The lowest BCUT2D eigenvalue weighted by Gasteiger charge is -2.35. The molecule has 0 N–H and O–H groups in total. The molecule has 240 valence electrons. The largest absolute Gasteiger partial charge is 0.493 e. The number of aryl methyl sites for hydroxylation is 1. The Morgan fingerprint density at radius 2 is 1.53 bits per heavy atom. The summed E-state index contributed by atoms with van der Waals surface area (Å²) in [5, 5.41) is 0. The molecule has 0 bridgehead atoms. The third-order valence-electron chi connectivity index (χ3n) is 8.12. The van der Waals surface area contributed by atoms with Gasteiger partial charge in [-0.2, -0.15) is 0 Å². The molecule has 3 aromatic carbocycles. The molecule has 1 atom stereocenters. The lowest BCUT2D eigenvalue weighted by Crippen LogP contribution is -2.37. The Morgan fingerprint density at radius 1 is 0.844 bits per heavy atom. The fourth-order valence-corrected chi connectivity index (χ4v) is 6.21. The summed E-state index contributed by atoms with van der Waals surface area (Å²) >= 11 is 0. The monoisotopic (exact) mass is 616 g/mol. The van der Waals surface area contributed by atoms with E-state index in [9.17, 15) is 4.79 Å². The van der Waals surface area contributed by atoms with Crippen molar-refractivity contribution in [1.82, 2.24) is 4.90 Å². The molecular formula is C36H44N2O7. The van der Waals surface area contributed by atoms with Crippen molar-refractivity contribution in [2.45, 2.75) is 65.5 Å². The van der Waals surface area contributed by atoms with Crippen LogP contribution in [-0.2, 0) is 0 Å². The van der Waals surface area contributed by atoms with Gasteiger partial charge in [0, 0.05) is 36.4 Å². The van der Waals surface area contributed by atoms with Gasteiger partial charge in [0.15, 0.2) is 23.0 Å². The Bertz CT molecular complexity index is 1580. The van der Waals surface area contributed by atoms with Crippen molar-refractivity contribution < 1.29 is 33.2 Å². The molecule has 1 unspecified atom stereocenters. The summed E-state index contributed by atoms with van der Waals surface area (Å²) in [4.78, 5) is 19.8. The second-order valence-corrected chi connectivity index (χ2v) is 13.0. The van der Waals surface area contributed by atoms with E-state index in [0.29, 0.717) is 64.5 Å². The van der Waals surface area contributed by atoms with Crippen molar-refractivity contribution in [1.29, 1.82) is 0 Å². The summed E-state index contributed by atoms with van der Waals surface area (Å²) in [5.74, 6) is 4.32. The Kier molecular flexibility index (Phi) is 9.18. The quantitative estimate of drug-likeness (QED) is 0.205. The predicted octanol–water partition coefficient (Wildman–Crippen LogP) is 7.79. The molecule has 0 aliphatic carbocycles. The van der Waals surface area contributed by atoms with Gasteiger partial charge in [-0.3, -0.25) is 9.79 Å². The van der Waals surface area contributed by atoms with Gasteiger partial charge in [0.25, 0.3) is 5.91 Å². The molecule has 9 heteroatoms. The number of hydrogen-bond donors (Lipinski definition) is 0. The molecule has 2 aliphatic heterocycles. The van der Waals surface area contributed by atoms with Crippen LogP contribution in [0.15, 0.2) is 53.5 Å². The average Bonchev–Trinajstić information content (AvgIpc) is 3.43. The molecule has 0 spiro atoms. The van der Waals surface area contributed by atoms with Crippen molar-refractivity contribution in [2.75, 3.05) is 34.5 Å². The number of carbonyl (C=O) groups is 1. The van der Waals surface area contributed by atoms with Crippen LogP contribution >= 0.6 is 0 Å². The molecule has 2 aliphatic rings. The number of methoxy groups -OCH3 is 3. The molecule has 1 fully saturated rings. The minimum absolute atomic E-state index is 0.0116. The first-order chi connectivity index (χ1) is 21.4. The smallest absolute Gasteiger partial charge is 0.256 e. The van der Waals surface area contributed by atoms with E-state index in [-0.39, 0.29) is 17.4 Å². The minimum Gasteiger partial charge on any atom is -0.493 e. The third kappa shape index (κ3) is 7.30. The first-order valence-corrected chi connectivity index (χ1v) is 15.3. The van der Waals surface area contributed by atoms with Crippen LogP contribution in [-0.4, -0.2) is 63.1 Å². The second-order valence-electron chi connectivity index (χ2n) is 13.0. The molecule has 45 heavy (non-hydrogen) atoms. The Labute approximate surface area is 266 Å². The zero-order valence-electron chi connectivity index (χ0n) is 27.6. The summed E-state index contributed by atoms with van der Waals surface area (Å²) in [7, 11) is 4.79. The standard InChI is InChI=1S/C36H44N2O7/c1-23-11-12-26(17-30(23)44-25-13-14-29(40-6)31(16-25)41-7)45-36(4,5)21-35(2,3)22-43-33-19-28-27(18-32(33)42-8)34(39)38-15-9-10-24(38)20-37-28/h11-14,16-20,24H,9-10,15,21-22H2,1-8H3. The van der Waals surface area contributed by atoms with E-state index in [4.69, 9.17) is 28.4 Å². The highest BCUT2D eigenvalue weighted by molar-refractivity contribution is 6.03. The highest BCUT2D eigenvalue weighted by atomic mass is 16.5. The second kappa shape index (κ2) is 12.9. The third-order valence-corrected chi connectivity index (χ3v) is 8.12. The van der Waals surface area contributed by atoms with Gasteiger partial charge in [-0.15, -0.1) is 0 Å². The van der Waals surface area contributed by atoms with Gasteiger partial charge in [0.1, 0.15) is 22.8 Å². The van der Waals surface area contributed by atoms with Crippen molar-refractivity contribution in [2.24, 2.45) is 10.4 Å². The molecule has 0 aromatic heterocycles. The van der Waals surface area contributed by atoms with Crippen LogP contribution < -0.4 is 28.4 Å². The minimum atomic E-state index is -0.524. The number of fused-ring (bicyclic) bond motifs is 2. The summed E-state index contributed by atoms with van der Waals surface area (Å²) in [5.41, 5.74) is 1.33. The number of rotatable bonds is 12. The van der Waals surface area contributed by atoms with Crippen LogP contribution in [0.25, 0.3) is 0 Å². The Hall–Kier alpha value is -4.40. The van der Waals surface area contributed by atoms with Crippen molar-refractivity contribution in [3.8, 4) is 40.2 Å². The topological polar surface area (TPSA) is 88.1 Å². The molecule has 2 heterocycles. The number of aliphatic imine (C=N–C) groups is 1.